The van der Waals surface area contributed by atoms with Crippen molar-refractivity contribution in [2.75, 3.05) is 39.3 Å². The standard InChI is InChI=1S/C19H36N4O.HI/c1-4-10-19(3)11-8-15-23(16-19)18(20-5-2)21-12-9-17(24)22-13-6-7-14-22;/h4-16H2,1-3H3,(H,20,21);1H. The number of amides is 1. The summed E-state index contributed by atoms with van der Waals surface area (Å²) in [5.41, 5.74) is 0.397. The molecule has 2 heterocycles. The number of carbonyl (C=O) groups excluding carboxylic acids is 1. The number of likely N-dealkylation sites (tertiary alicyclic amines) is 2. The average Bonchev–Trinajstić information content (AvgIpc) is 3.08. The third-order valence-corrected chi connectivity index (χ3v) is 5.31. The second-order valence-electron chi connectivity index (χ2n) is 7.66. The van der Waals surface area contributed by atoms with Gasteiger partial charge in [-0.25, -0.2) is 0 Å². The number of rotatable bonds is 6. The van der Waals surface area contributed by atoms with Crippen LogP contribution in [0.25, 0.3) is 0 Å². The van der Waals surface area contributed by atoms with Crippen molar-refractivity contribution in [3.05, 3.63) is 0 Å². The van der Waals surface area contributed by atoms with Crippen molar-refractivity contribution in [1.29, 1.82) is 0 Å². The molecular weight excluding hydrogens is 427 g/mol. The number of nitrogens with zero attached hydrogens (tertiary/aromatic N) is 3. The van der Waals surface area contributed by atoms with Crippen LogP contribution in [0, 0.1) is 5.41 Å². The Kier molecular flexibility index (Phi) is 10.1. The quantitative estimate of drug-likeness (QED) is 0.372. The molecule has 146 valence electrons. The van der Waals surface area contributed by atoms with Gasteiger partial charge in [0.05, 0.1) is 6.54 Å². The largest absolute Gasteiger partial charge is 0.357 e. The van der Waals surface area contributed by atoms with E-state index in [2.05, 4.69) is 31.0 Å². The molecule has 1 amide bonds. The molecule has 1 N–H and O–H groups in total. The number of carbonyl (C=O) groups is 1. The monoisotopic (exact) mass is 464 g/mol. The molecule has 6 heteroatoms. The maximum absolute atomic E-state index is 12.2. The van der Waals surface area contributed by atoms with Crippen LogP contribution < -0.4 is 5.32 Å². The Hall–Kier alpha value is -0.530. The molecule has 5 nitrogen and oxygen atoms in total. The van der Waals surface area contributed by atoms with Crippen LogP contribution in [-0.4, -0.2) is 60.9 Å². The summed E-state index contributed by atoms with van der Waals surface area (Å²) in [5.74, 6) is 1.26. The lowest BCUT2D eigenvalue weighted by Gasteiger charge is -2.42. The molecule has 0 aromatic heterocycles. The SMILES string of the molecule is CCCC1(C)CCCN(C(=NCCC(=O)N2CCCC2)NCC)C1.I. The predicted octanol–water partition coefficient (Wildman–Crippen LogP) is 3.48. The first-order chi connectivity index (χ1) is 11.6. The summed E-state index contributed by atoms with van der Waals surface area (Å²) in [4.78, 5) is 21.3. The first kappa shape index (κ1) is 22.5. The average molecular weight is 464 g/mol. The van der Waals surface area contributed by atoms with Crippen LogP contribution in [-0.2, 0) is 4.79 Å². The van der Waals surface area contributed by atoms with Crippen molar-refractivity contribution in [2.24, 2.45) is 10.4 Å². The highest BCUT2D eigenvalue weighted by Crippen LogP contribution is 2.33. The van der Waals surface area contributed by atoms with E-state index in [9.17, 15) is 4.79 Å². The van der Waals surface area contributed by atoms with Gasteiger partial charge in [0, 0.05) is 39.1 Å². The van der Waals surface area contributed by atoms with Crippen LogP contribution in [0.3, 0.4) is 0 Å². The molecule has 2 aliphatic rings. The molecule has 25 heavy (non-hydrogen) atoms. The second-order valence-corrected chi connectivity index (χ2v) is 7.66. The first-order valence-corrected chi connectivity index (χ1v) is 9.89. The van der Waals surface area contributed by atoms with Crippen molar-refractivity contribution >= 4 is 35.8 Å². The summed E-state index contributed by atoms with van der Waals surface area (Å²) >= 11 is 0. The highest BCUT2D eigenvalue weighted by molar-refractivity contribution is 14.0. The number of hydrogen-bond donors (Lipinski definition) is 1. The highest BCUT2D eigenvalue weighted by atomic mass is 127. The van der Waals surface area contributed by atoms with Gasteiger partial charge >= 0.3 is 0 Å². The molecule has 1 unspecified atom stereocenters. The summed E-state index contributed by atoms with van der Waals surface area (Å²) in [6, 6.07) is 0. The van der Waals surface area contributed by atoms with Gasteiger partial charge in [-0.05, 0) is 44.4 Å². The topological polar surface area (TPSA) is 47.9 Å². The number of hydrogen-bond acceptors (Lipinski definition) is 2. The molecule has 0 bridgehead atoms. The zero-order valence-corrected chi connectivity index (χ0v) is 18.7. The number of halogens is 1. The molecule has 0 saturated carbocycles. The predicted molar refractivity (Wildman–Crippen MR) is 116 cm³/mol. The van der Waals surface area contributed by atoms with Gasteiger partial charge in [-0.1, -0.05) is 20.3 Å². The van der Waals surface area contributed by atoms with Crippen LogP contribution in [0.5, 0.6) is 0 Å². The molecule has 2 rings (SSSR count). The molecule has 0 radical (unpaired) electrons. The Bertz CT molecular complexity index is 433. The van der Waals surface area contributed by atoms with E-state index in [1.165, 1.54) is 25.7 Å². The van der Waals surface area contributed by atoms with E-state index in [0.717, 1.165) is 51.5 Å². The van der Waals surface area contributed by atoms with Crippen molar-refractivity contribution in [3.8, 4) is 0 Å². The Morgan fingerprint density at radius 2 is 1.80 bits per heavy atom. The minimum atomic E-state index is 0. The summed E-state index contributed by atoms with van der Waals surface area (Å²) in [6.45, 7) is 12.3. The summed E-state index contributed by atoms with van der Waals surface area (Å²) < 4.78 is 0. The smallest absolute Gasteiger partial charge is 0.224 e. The van der Waals surface area contributed by atoms with Gasteiger partial charge in [-0.3, -0.25) is 9.79 Å². The molecule has 0 aromatic rings. The molecule has 2 saturated heterocycles. The van der Waals surface area contributed by atoms with E-state index < -0.39 is 0 Å². The maximum atomic E-state index is 12.2. The number of nitrogens with one attached hydrogen (secondary N) is 1. The minimum Gasteiger partial charge on any atom is -0.357 e. The maximum Gasteiger partial charge on any atom is 0.224 e. The molecule has 0 aliphatic carbocycles. The number of piperidine rings is 1. The molecule has 0 spiro atoms. The lowest BCUT2D eigenvalue weighted by molar-refractivity contribution is -0.129. The van der Waals surface area contributed by atoms with E-state index in [-0.39, 0.29) is 29.9 Å². The van der Waals surface area contributed by atoms with E-state index in [1.54, 1.807) is 0 Å². The van der Waals surface area contributed by atoms with Gasteiger partial charge in [-0.2, -0.15) is 0 Å². The van der Waals surface area contributed by atoms with E-state index >= 15 is 0 Å². The van der Waals surface area contributed by atoms with Crippen LogP contribution in [0.4, 0.5) is 0 Å². The van der Waals surface area contributed by atoms with Gasteiger partial charge in [0.25, 0.3) is 0 Å². The van der Waals surface area contributed by atoms with Crippen molar-refractivity contribution < 1.29 is 4.79 Å². The Morgan fingerprint density at radius 1 is 1.12 bits per heavy atom. The Morgan fingerprint density at radius 3 is 2.44 bits per heavy atom. The van der Waals surface area contributed by atoms with Gasteiger partial charge in [0.2, 0.25) is 5.91 Å². The van der Waals surface area contributed by atoms with Gasteiger partial charge in [-0.15, -0.1) is 24.0 Å². The zero-order chi connectivity index (χ0) is 17.4. The van der Waals surface area contributed by atoms with E-state index in [4.69, 9.17) is 4.99 Å². The zero-order valence-electron chi connectivity index (χ0n) is 16.4. The van der Waals surface area contributed by atoms with Crippen LogP contribution >= 0.6 is 24.0 Å². The Labute approximate surface area is 171 Å². The normalized spacial score (nSPS) is 24.2. The highest BCUT2D eigenvalue weighted by Gasteiger charge is 2.31. The Balaban J connectivity index is 0.00000312. The fraction of sp³-hybridized carbons (Fsp3) is 0.895. The second kappa shape index (κ2) is 11.2. The summed E-state index contributed by atoms with van der Waals surface area (Å²) in [6.07, 6.45) is 7.90. The molecular formula is C19H37IN4O. The van der Waals surface area contributed by atoms with Crippen molar-refractivity contribution in [3.63, 3.8) is 0 Å². The van der Waals surface area contributed by atoms with Gasteiger partial charge < -0.3 is 15.1 Å². The summed E-state index contributed by atoms with van der Waals surface area (Å²) in [5, 5.41) is 3.43. The van der Waals surface area contributed by atoms with Crippen LogP contribution in [0.15, 0.2) is 4.99 Å². The minimum absolute atomic E-state index is 0. The van der Waals surface area contributed by atoms with Crippen molar-refractivity contribution in [2.45, 2.75) is 65.7 Å². The van der Waals surface area contributed by atoms with Crippen molar-refractivity contribution in [1.82, 2.24) is 15.1 Å². The molecule has 2 fully saturated rings. The van der Waals surface area contributed by atoms with E-state index in [0.29, 0.717) is 18.4 Å². The lowest BCUT2D eigenvalue weighted by Crippen LogP contribution is -2.50. The number of aliphatic imine (C=N–C) groups is 1. The summed E-state index contributed by atoms with van der Waals surface area (Å²) in [7, 11) is 0. The first-order valence-electron chi connectivity index (χ1n) is 9.89. The van der Waals surface area contributed by atoms with Crippen LogP contribution in [0.1, 0.15) is 65.7 Å². The van der Waals surface area contributed by atoms with E-state index in [1.807, 2.05) is 4.90 Å². The van der Waals surface area contributed by atoms with Crippen LogP contribution in [0.2, 0.25) is 0 Å². The van der Waals surface area contributed by atoms with Gasteiger partial charge in [0.15, 0.2) is 5.96 Å². The molecule has 0 aromatic carbocycles. The fourth-order valence-electron chi connectivity index (χ4n) is 4.11. The third kappa shape index (κ3) is 6.94. The fourth-order valence-corrected chi connectivity index (χ4v) is 4.11. The third-order valence-electron chi connectivity index (χ3n) is 5.31. The number of guanidine groups is 1. The molecule has 2 aliphatic heterocycles. The lowest BCUT2D eigenvalue weighted by atomic mass is 9.78. The van der Waals surface area contributed by atoms with Gasteiger partial charge in [0.1, 0.15) is 0 Å². The molecule has 1 atom stereocenters.